The molecule has 0 unspecified atom stereocenters. The van der Waals surface area contributed by atoms with Gasteiger partial charge in [0, 0.05) is 0 Å². The highest BCUT2D eigenvalue weighted by molar-refractivity contribution is 7.70. The second kappa shape index (κ2) is 3.42. The average molecular weight is 235 g/mol. The first-order valence-electron chi connectivity index (χ1n) is 3.02. The van der Waals surface area contributed by atoms with Gasteiger partial charge in [0.2, 0.25) is 0 Å². The van der Waals surface area contributed by atoms with E-state index in [9.17, 15) is 14.3 Å². The third kappa shape index (κ3) is 3.84. The Morgan fingerprint density at radius 1 is 1.08 bits per heavy atom. The van der Waals surface area contributed by atoms with Crippen LogP contribution in [0.2, 0.25) is 0 Å². The van der Waals surface area contributed by atoms with Gasteiger partial charge < -0.3 is 29.4 Å². The Morgan fingerprint density at radius 2 is 1.31 bits per heavy atom. The summed E-state index contributed by atoms with van der Waals surface area (Å²) in [6, 6.07) is 0. The van der Waals surface area contributed by atoms with Gasteiger partial charge in [-0.1, -0.05) is 0 Å². The van der Waals surface area contributed by atoms with Crippen LogP contribution >= 0.6 is 15.2 Å². The Kier molecular flexibility index (Phi) is 3.47. The third-order valence-corrected chi connectivity index (χ3v) is 5.28. The molecule has 0 heterocycles. The Morgan fingerprint density at radius 3 is 1.31 bits per heavy atom. The van der Waals surface area contributed by atoms with E-state index in [0.717, 1.165) is 14.1 Å². The predicted octanol–water partition coefficient (Wildman–Crippen LogP) is -0.800. The van der Waals surface area contributed by atoms with Crippen molar-refractivity contribution >= 4 is 15.2 Å². The molecule has 8 nitrogen and oxygen atoms in total. The number of hydrogen-bond acceptors (Lipinski definition) is 3. The van der Waals surface area contributed by atoms with E-state index >= 15 is 0 Å². The van der Waals surface area contributed by atoms with Gasteiger partial charge in [0.15, 0.2) is 0 Å². The zero-order valence-corrected chi connectivity index (χ0v) is 8.72. The quantitative estimate of drug-likeness (QED) is 0.285. The lowest BCUT2D eigenvalue weighted by molar-refractivity contribution is -0.840. The molecular weight excluding hydrogens is 224 g/mol. The summed E-state index contributed by atoms with van der Waals surface area (Å²) in [7, 11) is -8.74. The first kappa shape index (κ1) is 13.2. The van der Waals surface area contributed by atoms with Crippen molar-refractivity contribution < 1.29 is 33.4 Å². The Bertz CT molecular complexity index is 248. The van der Waals surface area contributed by atoms with Crippen molar-refractivity contribution in [2.75, 3.05) is 14.1 Å². The minimum absolute atomic E-state index is 0.753. The predicted molar refractivity (Wildman–Crippen MR) is 43.4 cm³/mol. The van der Waals surface area contributed by atoms with Crippen molar-refractivity contribution in [3.05, 3.63) is 5.21 Å². The summed E-state index contributed by atoms with van der Waals surface area (Å²) in [4.78, 5) is 34.2. The molecule has 0 amide bonds. The summed E-state index contributed by atoms with van der Waals surface area (Å²) in [5.41, 5.74) is -2.56. The molecule has 0 fully saturated rings. The minimum atomic E-state index is -5.12. The molecule has 0 aromatic carbocycles. The first-order chi connectivity index (χ1) is 5.37. The van der Waals surface area contributed by atoms with Gasteiger partial charge in [0.25, 0.3) is 5.52 Å². The minimum Gasteiger partial charge on any atom is -0.632 e. The molecule has 10 heteroatoms. The highest BCUT2D eigenvalue weighted by atomic mass is 31.2. The molecule has 0 aliphatic heterocycles. The zero-order valence-electron chi connectivity index (χ0n) is 6.93. The Hall–Kier alpha value is 0.220. The van der Waals surface area contributed by atoms with E-state index in [1.807, 2.05) is 0 Å². The van der Waals surface area contributed by atoms with E-state index in [0.29, 0.717) is 0 Å². The van der Waals surface area contributed by atoms with Gasteiger partial charge in [-0.25, -0.2) is 0 Å². The molecule has 0 bridgehead atoms. The van der Waals surface area contributed by atoms with Gasteiger partial charge in [0.1, 0.15) is 0 Å². The highest BCUT2D eigenvalue weighted by Gasteiger charge is 2.51. The molecule has 0 spiro atoms. The molecule has 0 aliphatic carbocycles. The molecule has 0 saturated carbocycles. The molecule has 4 N–H and O–H groups in total. The molecule has 0 radical (unpaired) electrons. The van der Waals surface area contributed by atoms with Crippen LogP contribution in [0, 0.1) is 5.21 Å². The van der Waals surface area contributed by atoms with E-state index in [1.165, 1.54) is 0 Å². The van der Waals surface area contributed by atoms with E-state index in [-0.39, 0.29) is 0 Å². The zero-order chi connectivity index (χ0) is 11.1. The van der Waals surface area contributed by atoms with Crippen LogP contribution in [0.4, 0.5) is 0 Å². The van der Waals surface area contributed by atoms with Crippen molar-refractivity contribution in [1.29, 1.82) is 0 Å². The maximum absolute atomic E-state index is 11.1. The fourth-order valence-electron chi connectivity index (χ4n) is 0.920. The summed E-state index contributed by atoms with van der Waals surface area (Å²) in [6.07, 6.45) is 0. The van der Waals surface area contributed by atoms with Crippen molar-refractivity contribution in [2.45, 2.75) is 5.52 Å². The number of rotatable bonds is 3. The van der Waals surface area contributed by atoms with Crippen molar-refractivity contribution in [3.63, 3.8) is 0 Å². The van der Waals surface area contributed by atoms with Crippen molar-refractivity contribution in [2.24, 2.45) is 0 Å². The van der Waals surface area contributed by atoms with Gasteiger partial charge in [-0.2, -0.15) is 0 Å². The lowest BCUT2D eigenvalue weighted by Crippen LogP contribution is -2.42. The molecule has 13 heavy (non-hydrogen) atoms. The topological polar surface area (TPSA) is 138 Å². The van der Waals surface area contributed by atoms with Crippen LogP contribution in [0.15, 0.2) is 0 Å². The van der Waals surface area contributed by atoms with E-state index < -0.39 is 25.4 Å². The van der Waals surface area contributed by atoms with Crippen LogP contribution in [0.25, 0.3) is 0 Å². The molecule has 0 aromatic heterocycles. The van der Waals surface area contributed by atoms with Crippen molar-refractivity contribution in [3.8, 4) is 0 Å². The second-order valence-electron chi connectivity index (χ2n) is 2.96. The first-order valence-corrected chi connectivity index (χ1v) is 6.38. The lowest BCUT2D eigenvalue weighted by Gasteiger charge is -2.40. The smallest absolute Gasteiger partial charge is 0.395 e. The molecule has 0 aliphatic rings. The lowest BCUT2D eigenvalue weighted by atomic mass is 10.9. The Balaban J connectivity index is 5.28. The second-order valence-corrected chi connectivity index (χ2v) is 6.70. The molecule has 0 saturated heterocycles. The van der Waals surface area contributed by atoms with Crippen LogP contribution in [0.5, 0.6) is 0 Å². The molecule has 0 atom stereocenters. The van der Waals surface area contributed by atoms with E-state index in [1.54, 1.807) is 0 Å². The SMILES string of the molecule is C[N+](C)([O-])C(P(=O)(O)O)P(=O)(O)O. The van der Waals surface area contributed by atoms with Gasteiger partial charge in [-0.05, 0) is 0 Å². The van der Waals surface area contributed by atoms with Gasteiger partial charge in [0.05, 0.1) is 14.1 Å². The summed E-state index contributed by atoms with van der Waals surface area (Å²) in [5, 5.41) is 11.1. The molecule has 80 valence electrons. The maximum atomic E-state index is 11.1. The summed E-state index contributed by atoms with van der Waals surface area (Å²) in [5.74, 6) is 0. The fraction of sp³-hybridized carbons (Fsp3) is 1.00. The van der Waals surface area contributed by atoms with E-state index in [2.05, 4.69) is 0 Å². The summed E-state index contributed by atoms with van der Waals surface area (Å²) in [6.45, 7) is 0. The summed E-state index contributed by atoms with van der Waals surface area (Å²) < 4.78 is 19.5. The number of hydrogen-bond donors (Lipinski definition) is 4. The standard InChI is InChI=1S/C3H11NO7P2/c1-4(2,5)3(12(6,7)8)13(9,10)11/h3H,1-2H3,(H2,6,7,8)(H2,9,10,11). The van der Waals surface area contributed by atoms with Gasteiger partial charge in [-0.3, -0.25) is 9.13 Å². The van der Waals surface area contributed by atoms with Gasteiger partial charge >= 0.3 is 15.2 Å². The monoisotopic (exact) mass is 235 g/mol. The van der Waals surface area contributed by atoms with E-state index in [4.69, 9.17) is 19.6 Å². The number of hydroxylamine groups is 3. The maximum Gasteiger partial charge on any atom is 0.395 e. The normalized spacial score (nSPS) is 15.1. The molecule has 0 rings (SSSR count). The molecular formula is C3H11NO7P2. The van der Waals surface area contributed by atoms with Crippen LogP contribution in [-0.4, -0.2) is 43.8 Å². The number of quaternary nitrogens is 1. The Labute approximate surface area is 74.3 Å². The van der Waals surface area contributed by atoms with Crippen LogP contribution in [0.1, 0.15) is 0 Å². The third-order valence-electron chi connectivity index (χ3n) is 1.16. The van der Waals surface area contributed by atoms with Crippen molar-refractivity contribution in [1.82, 2.24) is 0 Å². The average Bonchev–Trinajstić information content (AvgIpc) is 1.44. The van der Waals surface area contributed by atoms with Crippen LogP contribution in [0.3, 0.4) is 0 Å². The fourth-order valence-corrected chi connectivity index (χ4v) is 3.94. The van der Waals surface area contributed by atoms with Crippen LogP contribution in [-0.2, 0) is 9.13 Å². The largest absolute Gasteiger partial charge is 0.632 e. The summed E-state index contributed by atoms with van der Waals surface area (Å²) >= 11 is 0. The highest BCUT2D eigenvalue weighted by Crippen LogP contribution is 2.62. The molecule has 0 aromatic rings. The van der Waals surface area contributed by atoms with Gasteiger partial charge in [-0.15, -0.1) is 0 Å². The van der Waals surface area contributed by atoms with Crippen LogP contribution < -0.4 is 0 Å². The number of nitrogens with zero attached hydrogens (tertiary/aromatic N) is 1.